The number of pyridine rings is 1. The van der Waals surface area contributed by atoms with Crippen molar-refractivity contribution in [3.05, 3.63) is 176 Å². The molecule has 0 spiro atoms. The summed E-state index contributed by atoms with van der Waals surface area (Å²) in [6.07, 6.45) is 0. The maximum Gasteiger partial charge on any atom is 0.136 e. The lowest BCUT2D eigenvalue weighted by Gasteiger charge is -2.16. The number of furan rings is 2. The van der Waals surface area contributed by atoms with Gasteiger partial charge in [0.05, 0.1) is 11.2 Å². The predicted octanol–water partition coefficient (Wildman–Crippen LogP) is 13.9. The van der Waals surface area contributed by atoms with Crippen LogP contribution < -0.4 is 0 Å². The van der Waals surface area contributed by atoms with Crippen LogP contribution in [0.4, 0.5) is 0 Å². The van der Waals surface area contributed by atoms with Crippen LogP contribution in [0.25, 0.3) is 110 Å². The third kappa shape index (κ3) is 4.43. The van der Waals surface area contributed by atoms with Crippen molar-refractivity contribution in [2.24, 2.45) is 0 Å². The summed E-state index contributed by atoms with van der Waals surface area (Å²) in [6.45, 7) is 0. The lowest BCUT2D eigenvalue weighted by molar-refractivity contribution is 0.669. The number of fused-ring (bicyclic) bond motifs is 9. The zero-order valence-corrected chi connectivity index (χ0v) is 28.0. The Hall–Kier alpha value is -6.97. The molecule has 11 aromatic rings. The van der Waals surface area contributed by atoms with E-state index in [1.807, 2.05) is 24.3 Å². The molecule has 0 N–H and O–H groups in total. The molecule has 0 aliphatic heterocycles. The average Bonchev–Trinajstić information content (AvgIpc) is 3.78. The molecule has 3 aromatic heterocycles. The van der Waals surface area contributed by atoms with Crippen molar-refractivity contribution in [1.29, 1.82) is 0 Å². The van der Waals surface area contributed by atoms with Crippen LogP contribution in [-0.2, 0) is 0 Å². The molecule has 0 atom stereocenters. The first kappa shape index (κ1) is 28.8. The minimum Gasteiger partial charge on any atom is -0.456 e. The molecule has 3 nitrogen and oxygen atoms in total. The van der Waals surface area contributed by atoms with Gasteiger partial charge < -0.3 is 8.83 Å². The Morgan fingerprint density at radius 1 is 0.308 bits per heavy atom. The summed E-state index contributed by atoms with van der Waals surface area (Å²) in [4.78, 5) is 5.24. The van der Waals surface area contributed by atoms with Gasteiger partial charge in [-0.05, 0) is 70.3 Å². The van der Waals surface area contributed by atoms with Gasteiger partial charge in [-0.3, -0.25) is 0 Å². The highest BCUT2D eigenvalue weighted by Gasteiger charge is 2.21. The molecule has 242 valence electrons. The number of para-hydroxylation sites is 3. The van der Waals surface area contributed by atoms with Crippen LogP contribution in [0.5, 0.6) is 0 Å². The first-order valence-corrected chi connectivity index (χ1v) is 17.6. The first-order valence-electron chi connectivity index (χ1n) is 17.6. The van der Waals surface area contributed by atoms with Crippen molar-refractivity contribution in [2.75, 3.05) is 0 Å². The van der Waals surface area contributed by atoms with E-state index in [1.165, 1.54) is 5.39 Å². The second-order valence-corrected chi connectivity index (χ2v) is 13.5. The Bertz CT molecular complexity index is 3170. The molecule has 0 aliphatic rings. The first-order chi connectivity index (χ1) is 25.8. The summed E-state index contributed by atoms with van der Waals surface area (Å²) in [5, 5.41) is 7.88. The summed E-state index contributed by atoms with van der Waals surface area (Å²) in [7, 11) is 0. The van der Waals surface area contributed by atoms with E-state index in [9.17, 15) is 0 Å². The number of nitrogens with zero attached hydrogens (tertiary/aromatic N) is 1. The highest BCUT2D eigenvalue weighted by Crippen LogP contribution is 2.46. The number of aromatic nitrogens is 1. The van der Waals surface area contributed by atoms with Gasteiger partial charge in [0.1, 0.15) is 22.3 Å². The summed E-state index contributed by atoms with van der Waals surface area (Å²) in [5.41, 5.74) is 13.4. The van der Waals surface area contributed by atoms with Crippen molar-refractivity contribution in [1.82, 2.24) is 4.98 Å². The predicted molar refractivity (Wildman–Crippen MR) is 216 cm³/mol. The highest BCUT2D eigenvalue weighted by atomic mass is 16.3. The van der Waals surface area contributed by atoms with Crippen molar-refractivity contribution >= 4 is 65.6 Å². The Labute approximate surface area is 299 Å². The molecule has 0 saturated heterocycles. The molecule has 0 fully saturated rings. The van der Waals surface area contributed by atoms with E-state index in [-0.39, 0.29) is 0 Å². The molecule has 0 radical (unpaired) electrons. The molecular formula is C49H29NO2. The lowest BCUT2D eigenvalue weighted by atomic mass is 9.89. The fourth-order valence-corrected chi connectivity index (χ4v) is 8.03. The smallest absolute Gasteiger partial charge is 0.136 e. The van der Waals surface area contributed by atoms with Crippen molar-refractivity contribution < 1.29 is 8.83 Å². The standard InChI is InChI=1S/C49H29NO2/c1-2-11-32(12-3-1)49-40-29-45-48(39-17-6-9-20-43(39)52-45)46(47(40)38-16-4-7-18-41(38)50-49)31-23-21-30(22-24-31)33-13-10-14-34(27-33)35-25-26-37-36-15-5-8-19-42(36)51-44(37)28-35/h1-29H. The molecule has 8 aromatic carbocycles. The number of hydrogen-bond acceptors (Lipinski definition) is 3. The molecule has 0 aliphatic carbocycles. The number of rotatable bonds is 4. The number of benzene rings is 8. The molecule has 0 bridgehead atoms. The fraction of sp³-hybridized carbons (Fsp3) is 0. The maximum absolute atomic E-state index is 6.58. The van der Waals surface area contributed by atoms with Crippen LogP contribution in [0.3, 0.4) is 0 Å². The van der Waals surface area contributed by atoms with Gasteiger partial charge in [-0.25, -0.2) is 4.98 Å². The maximum atomic E-state index is 6.58. The van der Waals surface area contributed by atoms with Gasteiger partial charge in [-0.15, -0.1) is 0 Å². The van der Waals surface area contributed by atoms with E-state index in [4.69, 9.17) is 13.8 Å². The van der Waals surface area contributed by atoms with Gasteiger partial charge in [0.15, 0.2) is 0 Å². The van der Waals surface area contributed by atoms with E-state index < -0.39 is 0 Å². The topological polar surface area (TPSA) is 39.2 Å². The molecule has 52 heavy (non-hydrogen) atoms. The van der Waals surface area contributed by atoms with Crippen LogP contribution in [-0.4, -0.2) is 4.98 Å². The molecule has 3 heteroatoms. The Kier molecular flexibility index (Phi) is 6.25. The van der Waals surface area contributed by atoms with Crippen LogP contribution >= 0.6 is 0 Å². The molecule has 0 unspecified atom stereocenters. The fourth-order valence-electron chi connectivity index (χ4n) is 8.03. The quantitative estimate of drug-likeness (QED) is 0.176. The summed E-state index contributed by atoms with van der Waals surface area (Å²) < 4.78 is 12.8. The summed E-state index contributed by atoms with van der Waals surface area (Å²) in [5.74, 6) is 0. The SMILES string of the molecule is c1ccc(-c2nc3ccccc3c3c(-c4ccc(-c5cccc(-c6ccc7c(c6)oc6ccccc67)c5)cc4)c4c(cc23)oc2ccccc24)cc1. The summed E-state index contributed by atoms with van der Waals surface area (Å²) in [6, 6.07) is 62.0. The molecular weight excluding hydrogens is 635 g/mol. The van der Waals surface area contributed by atoms with Crippen LogP contribution in [0.1, 0.15) is 0 Å². The largest absolute Gasteiger partial charge is 0.456 e. The van der Waals surface area contributed by atoms with Gasteiger partial charge in [0.25, 0.3) is 0 Å². The summed E-state index contributed by atoms with van der Waals surface area (Å²) >= 11 is 0. The molecule has 0 amide bonds. The van der Waals surface area contributed by atoms with Crippen LogP contribution in [0, 0.1) is 0 Å². The number of hydrogen-bond donors (Lipinski definition) is 0. The second kappa shape index (κ2) is 11.3. The van der Waals surface area contributed by atoms with Crippen molar-refractivity contribution in [2.45, 2.75) is 0 Å². The van der Waals surface area contributed by atoms with E-state index in [0.717, 1.165) is 105 Å². The Morgan fingerprint density at radius 3 is 1.71 bits per heavy atom. The second-order valence-electron chi connectivity index (χ2n) is 13.5. The van der Waals surface area contributed by atoms with E-state index >= 15 is 0 Å². The lowest BCUT2D eigenvalue weighted by Crippen LogP contribution is -1.93. The minimum absolute atomic E-state index is 0.858. The zero-order valence-electron chi connectivity index (χ0n) is 28.0. The third-order valence-corrected chi connectivity index (χ3v) is 10.5. The van der Waals surface area contributed by atoms with Crippen LogP contribution in [0.15, 0.2) is 185 Å². The van der Waals surface area contributed by atoms with Gasteiger partial charge in [-0.2, -0.15) is 0 Å². The zero-order chi connectivity index (χ0) is 34.2. The highest BCUT2D eigenvalue weighted by molar-refractivity contribution is 6.27. The molecule has 11 rings (SSSR count). The molecule has 0 saturated carbocycles. The van der Waals surface area contributed by atoms with Crippen molar-refractivity contribution in [3.8, 4) is 44.6 Å². The Morgan fingerprint density at radius 2 is 0.885 bits per heavy atom. The van der Waals surface area contributed by atoms with Gasteiger partial charge in [0, 0.05) is 48.8 Å². The van der Waals surface area contributed by atoms with E-state index in [1.54, 1.807) is 0 Å². The van der Waals surface area contributed by atoms with Crippen molar-refractivity contribution in [3.63, 3.8) is 0 Å². The monoisotopic (exact) mass is 663 g/mol. The van der Waals surface area contributed by atoms with E-state index in [0.29, 0.717) is 0 Å². The normalized spacial score (nSPS) is 11.8. The Balaban J connectivity index is 1.10. The van der Waals surface area contributed by atoms with Gasteiger partial charge in [0.2, 0.25) is 0 Å². The van der Waals surface area contributed by atoms with E-state index in [2.05, 4.69) is 152 Å². The molecule has 3 heterocycles. The third-order valence-electron chi connectivity index (χ3n) is 10.5. The van der Waals surface area contributed by atoms with Gasteiger partial charge in [-0.1, -0.05) is 133 Å². The van der Waals surface area contributed by atoms with Crippen LogP contribution in [0.2, 0.25) is 0 Å². The minimum atomic E-state index is 0.858. The van der Waals surface area contributed by atoms with Gasteiger partial charge >= 0.3 is 0 Å². The average molecular weight is 664 g/mol.